The van der Waals surface area contributed by atoms with Gasteiger partial charge in [0.25, 0.3) is 5.58 Å². The molecule has 1 aromatic carbocycles. The molecule has 2 bridgehead atoms. The summed E-state index contributed by atoms with van der Waals surface area (Å²) in [7, 11) is -3.49. The molecule has 25 heavy (non-hydrogen) atoms. The molecule has 0 spiro atoms. The van der Waals surface area contributed by atoms with Crippen molar-refractivity contribution < 1.29 is 27.3 Å². The predicted molar refractivity (Wildman–Crippen MR) is 93.5 cm³/mol. The smallest absolute Gasteiger partial charge is 0.381 e. The van der Waals surface area contributed by atoms with Gasteiger partial charge in [-0.3, -0.25) is 9.15 Å². The van der Waals surface area contributed by atoms with E-state index in [9.17, 15) is 4.57 Å². The van der Waals surface area contributed by atoms with Crippen molar-refractivity contribution in [3.8, 4) is 17.2 Å². The summed E-state index contributed by atoms with van der Waals surface area (Å²) in [6.07, 6.45) is 13.6. The third kappa shape index (κ3) is 3.17. The van der Waals surface area contributed by atoms with Crippen LogP contribution >= 0.6 is 7.82 Å². The zero-order chi connectivity index (χ0) is 17.3. The maximum atomic E-state index is 12.1. The molecule has 0 N–H and O–H groups in total. The second-order valence-electron chi connectivity index (χ2n) is 6.94. The fourth-order valence-corrected chi connectivity index (χ4v) is 4.88. The molecule has 0 aliphatic carbocycles. The summed E-state index contributed by atoms with van der Waals surface area (Å²) in [4.78, 5) is 0. The van der Waals surface area contributed by atoms with Crippen molar-refractivity contribution in [2.24, 2.45) is 0 Å². The van der Waals surface area contributed by atoms with E-state index >= 15 is 0 Å². The molecular formula is C18H25O6P. The van der Waals surface area contributed by atoms with Crippen LogP contribution in [0.3, 0.4) is 0 Å². The van der Waals surface area contributed by atoms with Crippen molar-refractivity contribution in [2.45, 2.75) is 77.6 Å². The van der Waals surface area contributed by atoms with Crippen molar-refractivity contribution in [3.63, 3.8) is 0 Å². The molecule has 0 saturated heterocycles. The number of hydrogen-bond acceptors (Lipinski definition) is 6. The molecular weight excluding hydrogens is 343 g/mol. The Kier molecular flexibility index (Phi) is 4.72. The summed E-state index contributed by atoms with van der Waals surface area (Å²) in [5.74, 6) is 1.28. The van der Waals surface area contributed by atoms with Gasteiger partial charge in [-0.05, 0) is 12.8 Å². The van der Waals surface area contributed by atoms with Crippen LogP contribution in [-0.4, -0.2) is 0 Å². The van der Waals surface area contributed by atoms with Crippen LogP contribution in [0.2, 0.25) is 0 Å². The van der Waals surface area contributed by atoms with Gasteiger partial charge in [0.15, 0.2) is 5.75 Å². The molecule has 0 saturated carbocycles. The first-order chi connectivity index (χ1) is 12.2. The highest BCUT2D eigenvalue weighted by Crippen LogP contribution is 2.72. The first-order valence-corrected chi connectivity index (χ1v) is 10.9. The largest absolute Gasteiger partial charge is 0.647 e. The average Bonchev–Trinajstić information content (AvgIpc) is 3.07. The minimum atomic E-state index is -3.49. The van der Waals surface area contributed by atoms with Crippen LogP contribution in [0.1, 0.15) is 76.7 Å². The summed E-state index contributed by atoms with van der Waals surface area (Å²) in [5.41, 5.74) is 2.02. The van der Waals surface area contributed by atoms with Crippen LogP contribution in [0.4, 0.5) is 0 Å². The van der Waals surface area contributed by atoms with Crippen LogP contribution < -0.4 is 13.6 Å². The number of phosphoric ester groups is 1. The highest BCUT2D eigenvalue weighted by atomic mass is 31.2. The van der Waals surface area contributed by atoms with Gasteiger partial charge < -0.3 is 13.6 Å². The lowest BCUT2D eigenvalue weighted by Crippen LogP contribution is -2.02. The van der Waals surface area contributed by atoms with Crippen LogP contribution in [0, 0.1) is 0 Å². The number of fused-ring (bicyclic) bond motifs is 3. The topological polar surface area (TPSA) is 71.0 Å². The highest BCUT2D eigenvalue weighted by molar-refractivity contribution is 7.50. The Morgan fingerprint density at radius 1 is 0.680 bits per heavy atom. The van der Waals surface area contributed by atoms with Crippen molar-refractivity contribution >= 4 is 19.0 Å². The second kappa shape index (κ2) is 6.99. The zero-order valence-electron chi connectivity index (χ0n) is 14.7. The molecule has 1 aromatic heterocycles. The molecule has 138 valence electrons. The second-order valence-corrected chi connectivity index (χ2v) is 8.39. The van der Waals surface area contributed by atoms with E-state index in [2.05, 4.69) is 6.92 Å². The Morgan fingerprint density at radius 3 is 1.84 bits per heavy atom. The lowest BCUT2D eigenvalue weighted by molar-refractivity contribution is 0.0559. The van der Waals surface area contributed by atoms with E-state index in [1.807, 2.05) is 0 Å². The standard InChI is InChI=1S/C18H25O6P/c1-2-3-4-5-6-7-8-9-10-11-12-13-14-16(21-20-14)18-17-15(13)22-25(19,23-17)24-18/h2-12H2,1H3. The minimum Gasteiger partial charge on any atom is -0.381 e. The van der Waals surface area contributed by atoms with Gasteiger partial charge in [0, 0.05) is 0 Å². The zero-order valence-corrected chi connectivity index (χ0v) is 15.6. The molecule has 3 heterocycles. The number of unbranched alkanes of at least 4 members (excludes halogenated alkanes) is 9. The van der Waals surface area contributed by atoms with Gasteiger partial charge in [0.1, 0.15) is 0 Å². The molecule has 0 amide bonds. The first kappa shape index (κ1) is 16.9. The number of benzene rings is 1. The lowest BCUT2D eigenvalue weighted by Gasteiger charge is -2.15. The maximum absolute atomic E-state index is 12.1. The Morgan fingerprint density at radius 2 is 1.24 bits per heavy atom. The van der Waals surface area contributed by atoms with Crippen LogP contribution in [0.25, 0.3) is 11.2 Å². The van der Waals surface area contributed by atoms with Gasteiger partial charge in [-0.1, -0.05) is 64.7 Å². The molecule has 2 aliphatic rings. The van der Waals surface area contributed by atoms with E-state index in [4.69, 9.17) is 22.7 Å². The Hall–Kier alpha value is -1.55. The van der Waals surface area contributed by atoms with E-state index in [0.717, 1.165) is 24.8 Å². The maximum Gasteiger partial charge on any atom is 0.647 e. The van der Waals surface area contributed by atoms with Gasteiger partial charge >= 0.3 is 7.82 Å². The fourth-order valence-electron chi connectivity index (χ4n) is 3.57. The summed E-state index contributed by atoms with van der Waals surface area (Å²) in [6.45, 7) is 2.25. The Bertz CT molecular complexity index is 789. The molecule has 1 atom stereocenters. The predicted octanol–water partition coefficient (Wildman–Crippen LogP) is 6.76. The van der Waals surface area contributed by atoms with Gasteiger partial charge in [-0.2, -0.15) is 4.57 Å². The Balaban J connectivity index is 1.24. The number of aryl methyl sites for hydroxylation is 1. The summed E-state index contributed by atoms with van der Waals surface area (Å²) in [6, 6.07) is 0. The van der Waals surface area contributed by atoms with Gasteiger partial charge in [0.05, 0.1) is 5.56 Å². The number of rotatable bonds is 11. The van der Waals surface area contributed by atoms with E-state index < -0.39 is 7.82 Å². The molecule has 2 aliphatic heterocycles. The van der Waals surface area contributed by atoms with E-state index in [1.165, 1.54) is 51.4 Å². The quantitative estimate of drug-likeness (QED) is 0.248. The number of hydrogen-bond donors (Lipinski definition) is 0. The van der Waals surface area contributed by atoms with Crippen LogP contribution in [0.15, 0.2) is 9.15 Å². The van der Waals surface area contributed by atoms with Crippen LogP contribution in [-0.2, 0) is 11.0 Å². The van der Waals surface area contributed by atoms with Gasteiger partial charge in [-0.15, -0.1) is 0 Å². The summed E-state index contributed by atoms with van der Waals surface area (Å²) in [5, 5.41) is 0. The average molecular weight is 368 g/mol. The molecule has 0 radical (unpaired) electrons. The van der Waals surface area contributed by atoms with Crippen molar-refractivity contribution in [1.29, 1.82) is 0 Å². The molecule has 2 aromatic rings. The summed E-state index contributed by atoms with van der Waals surface area (Å²) >= 11 is 0. The summed E-state index contributed by atoms with van der Waals surface area (Å²) < 4.78 is 38.1. The number of phosphoric acid groups is 1. The molecule has 1 unspecified atom stereocenters. The monoisotopic (exact) mass is 368 g/mol. The van der Waals surface area contributed by atoms with E-state index in [0.29, 0.717) is 28.4 Å². The van der Waals surface area contributed by atoms with Crippen LogP contribution in [0.5, 0.6) is 17.2 Å². The van der Waals surface area contributed by atoms with E-state index in [-0.39, 0.29) is 0 Å². The SMILES string of the molecule is CCCCCCCCCCCCc1c2c3c(c4ooc14)OP(=O)(O2)O3. The first-order valence-electron chi connectivity index (χ1n) is 9.48. The van der Waals surface area contributed by atoms with E-state index in [1.54, 1.807) is 0 Å². The van der Waals surface area contributed by atoms with Crippen molar-refractivity contribution in [1.82, 2.24) is 0 Å². The normalized spacial score (nSPS) is 20.0. The van der Waals surface area contributed by atoms with Crippen molar-refractivity contribution in [3.05, 3.63) is 5.56 Å². The fraction of sp³-hybridized carbons (Fsp3) is 0.667. The molecule has 4 rings (SSSR count). The molecule has 7 heteroatoms. The minimum absolute atomic E-state index is 0.359. The van der Waals surface area contributed by atoms with Gasteiger partial charge in [0.2, 0.25) is 17.1 Å². The Labute approximate surface area is 147 Å². The third-order valence-corrected chi connectivity index (χ3v) is 6.19. The van der Waals surface area contributed by atoms with Crippen molar-refractivity contribution in [2.75, 3.05) is 0 Å². The molecule has 6 nitrogen and oxygen atoms in total. The third-order valence-electron chi connectivity index (χ3n) is 4.97. The highest BCUT2D eigenvalue weighted by Gasteiger charge is 2.54. The lowest BCUT2D eigenvalue weighted by atomic mass is 10.0. The molecule has 0 fully saturated rings. The van der Waals surface area contributed by atoms with Gasteiger partial charge in [-0.25, -0.2) is 0 Å².